The van der Waals surface area contributed by atoms with E-state index < -0.39 is 11.6 Å². The predicted octanol–water partition coefficient (Wildman–Crippen LogP) is 4.42. The highest BCUT2D eigenvalue weighted by Gasteiger charge is 2.58. The van der Waals surface area contributed by atoms with E-state index in [4.69, 9.17) is 18.9 Å². The largest absolute Gasteiger partial charge is 0.347 e. The minimum Gasteiger partial charge on any atom is -0.347 e. The van der Waals surface area contributed by atoms with Crippen LogP contribution in [0.25, 0.3) is 0 Å². The highest BCUT2D eigenvalue weighted by molar-refractivity contribution is 5.92. The molecule has 0 unspecified atom stereocenters. The van der Waals surface area contributed by atoms with Crippen molar-refractivity contribution in [3.63, 3.8) is 0 Å². The third-order valence-electron chi connectivity index (χ3n) is 8.92. The summed E-state index contributed by atoms with van der Waals surface area (Å²) in [7, 11) is 0. The SMILES string of the molecule is C[C@@]12CCC(=O)C=C1CCCC21OCCO1.C[C@@]12CCC(=O)C=C1CCCC21OCCO1. The molecule has 32 heavy (non-hydrogen) atoms. The summed E-state index contributed by atoms with van der Waals surface area (Å²) in [5.41, 5.74) is 2.35. The number of allylic oxidation sites excluding steroid dienone is 2. The molecular formula is C26H36O6. The molecule has 2 heterocycles. The Labute approximate surface area is 190 Å². The van der Waals surface area contributed by atoms with Crippen molar-refractivity contribution < 1.29 is 28.5 Å². The van der Waals surface area contributed by atoms with Gasteiger partial charge in [0.05, 0.1) is 26.4 Å². The fraction of sp³-hybridized carbons (Fsp3) is 0.769. The quantitative estimate of drug-likeness (QED) is 0.551. The summed E-state index contributed by atoms with van der Waals surface area (Å²) in [6, 6.07) is 0. The van der Waals surface area contributed by atoms with Gasteiger partial charge >= 0.3 is 0 Å². The van der Waals surface area contributed by atoms with Crippen molar-refractivity contribution in [3.8, 4) is 0 Å². The normalized spacial score (nSPS) is 37.3. The van der Waals surface area contributed by atoms with Crippen molar-refractivity contribution >= 4 is 11.6 Å². The monoisotopic (exact) mass is 444 g/mol. The summed E-state index contributed by atoms with van der Waals surface area (Å²) in [6.45, 7) is 7.17. The second-order valence-corrected chi connectivity index (χ2v) is 10.5. The molecule has 2 saturated carbocycles. The standard InChI is InChI=1S/2C13H18O3/c2*1-12-6-4-11(14)9-10(12)3-2-5-13(12)15-7-8-16-13/h2*9H,2-8H2,1H3/t2*12-/m11/s1. The van der Waals surface area contributed by atoms with Gasteiger partial charge in [-0.25, -0.2) is 0 Å². The van der Waals surface area contributed by atoms with Gasteiger partial charge in [0.25, 0.3) is 0 Å². The van der Waals surface area contributed by atoms with Gasteiger partial charge in [-0.15, -0.1) is 0 Å². The van der Waals surface area contributed by atoms with Gasteiger partial charge in [0.15, 0.2) is 23.1 Å². The van der Waals surface area contributed by atoms with Crippen LogP contribution in [0.4, 0.5) is 0 Å². The van der Waals surface area contributed by atoms with E-state index >= 15 is 0 Å². The third kappa shape index (κ3) is 3.37. The predicted molar refractivity (Wildman–Crippen MR) is 118 cm³/mol. The molecule has 6 nitrogen and oxygen atoms in total. The van der Waals surface area contributed by atoms with Gasteiger partial charge in [-0.2, -0.15) is 0 Å². The highest BCUT2D eigenvalue weighted by Crippen LogP contribution is 2.57. The van der Waals surface area contributed by atoms with E-state index in [1.807, 2.05) is 12.2 Å². The molecule has 4 aliphatic carbocycles. The molecule has 0 radical (unpaired) electrons. The molecule has 0 aromatic carbocycles. The fourth-order valence-electron chi connectivity index (χ4n) is 6.90. The van der Waals surface area contributed by atoms with Gasteiger partial charge in [-0.3, -0.25) is 9.59 Å². The summed E-state index contributed by atoms with van der Waals surface area (Å²) >= 11 is 0. The Morgan fingerprint density at radius 1 is 0.594 bits per heavy atom. The molecule has 0 aromatic heterocycles. The number of carbonyl (C=O) groups excluding carboxylic acids is 2. The summed E-state index contributed by atoms with van der Waals surface area (Å²) in [5.74, 6) is -0.333. The van der Waals surface area contributed by atoms with Crippen molar-refractivity contribution in [1.29, 1.82) is 0 Å². The topological polar surface area (TPSA) is 71.1 Å². The van der Waals surface area contributed by atoms with Gasteiger partial charge in [0, 0.05) is 36.5 Å². The number of hydrogen-bond acceptors (Lipinski definition) is 6. The average molecular weight is 445 g/mol. The molecule has 2 spiro atoms. The van der Waals surface area contributed by atoms with Gasteiger partial charge in [0.1, 0.15) is 0 Å². The Bertz CT molecular complexity index is 774. The fourth-order valence-corrected chi connectivity index (χ4v) is 6.90. The Hall–Kier alpha value is -1.34. The molecule has 2 saturated heterocycles. The van der Waals surface area contributed by atoms with E-state index in [2.05, 4.69) is 13.8 Å². The number of carbonyl (C=O) groups is 2. The maximum atomic E-state index is 11.5. The van der Waals surface area contributed by atoms with E-state index in [1.165, 1.54) is 11.1 Å². The van der Waals surface area contributed by atoms with E-state index in [9.17, 15) is 9.59 Å². The van der Waals surface area contributed by atoms with E-state index in [0.717, 1.165) is 51.4 Å². The Morgan fingerprint density at radius 2 is 0.969 bits per heavy atom. The summed E-state index contributed by atoms with van der Waals surface area (Å²) in [6.07, 6.45) is 12.8. The maximum Gasteiger partial charge on any atom is 0.177 e. The molecule has 6 aliphatic rings. The summed E-state index contributed by atoms with van der Waals surface area (Å²) in [5, 5.41) is 0. The lowest BCUT2D eigenvalue weighted by molar-refractivity contribution is -0.237. The van der Waals surface area contributed by atoms with E-state index in [1.54, 1.807) is 0 Å². The second-order valence-electron chi connectivity index (χ2n) is 10.5. The lowest BCUT2D eigenvalue weighted by atomic mass is 9.62. The molecule has 0 amide bonds. The van der Waals surface area contributed by atoms with Gasteiger partial charge in [-0.1, -0.05) is 25.0 Å². The van der Waals surface area contributed by atoms with Crippen molar-refractivity contribution in [2.75, 3.05) is 26.4 Å². The van der Waals surface area contributed by atoms with Crippen molar-refractivity contribution in [2.45, 2.75) is 89.6 Å². The summed E-state index contributed by atoms with van der Waals surface area (Å²) in [4.78, 5) is 23.0. The third-order valence-corrected chi connectivity index (χ3v) is 8.92. The lowest BCUT2D eigenvalue weighted by Gasteiger charge is -2.50. The zero-order chi connectivity index (χ0) is 22.5. The minimum atomic E-state index is -0.433. The van der Waals surface area contributed by atoms with Crippen LogP contribution in [0.3, 0.4) is 0 Å². The molecule has 2 atom stereocenters. The minimum absolute atomic E-state index is 0.0738. The summed E-state index contributed by atoms with van der Waals surface area (Å²) < 4.78 is 23.7. The van der Waals surface area contributed by atoms with Crippen molar-refractivity contribution in [3.05, 3.63) is 23.3 Å². The van der Waals surface area contributed by atoms with Crippen LogP contribution in [0.15, 0.2) is 23.3 Å². The van der Waals surface area contributed by atoms with E-state index in [-0.39, 0.29) is 22.4 Å². The van der Waals surface area contributed by atoms with Crippen LogP contribution in [-0.2, 0) is 28.5 Å². The molecule has 0 bridgehead atoms. The highest BCUT2D eigenvalue weighted by atomic mass is 16.7. The first-order chi connectivity index (χ1) is 15.3. The Kier molecular flexibility index (Phi) is 5.72. The first kappa shape index (κ1) is 22.5. The molecule has 6 rings (SSSR count). The zero-order valence-corrected chi connectivity index (χ0v) is 19.5. The van der Waals surface area contributed by atoms with Crippen LogP contribution in [0.2, 0.25) is 0 Å². The number of ether oxygens (including phenoxy) is 4. The van der Waals surface area contributed by atoms with Crippen LogP contribution in [-0.4, -0.2) is 49.6 Å². The van der Waals surface area contributed by atoms with Crippen molar-refractivity contribution in [1.82, 2.24) is 0 Å². The second kappa shape index (κ2) is 8.15. The number of rotatable bonds is 0. The molecule has 176 valence electrons. The Balaban J connectivity index is 0.000000135. The smallest absolute Gasteiger partial charge is 0.177 e. The molecule has 2 aliphatic heterocycles. The van der Waals surface area contributed by atoms with Gasteiger partial charge < -0.3 is 18.9 Å². The van der Waals surface area contributed by atoms with Gasteiger partial charge in [0.2, 0.25) is 0 Å². The molecular weight excluding hydrogens is 408 g/mol. The molecule has 6 heteroatoms. The van der Waals surface area contributed by atoms with Crippen LogP contribution >= 0.6 is 0 Å². The van der Waals surface area contributed by atoms with E-state index in [0.29, 0.717) is 39.3 Å². The number of ketones is 2. The van der Waals surface area contributed by atoms with Crippen LogP contribution in [0.5, 0.6) is 0 Å². The van der Waals surface area contributed by atoms with Crippen LogP contribution < -0.4 is 0 Å². The van der Waals surface area contributed by atoms with Crippen LogP contribution in [0, 0.1) is 10.8 Å². The maximum absolute atomic E-state index is 11.5. The zero-order valence-electron chi connectivity index (χ0n) is 19.5. The number of fused-ring (bicyclic) bond motifs is 4. The van der Waals surface area contributed by atoms with Crippen molar-refractivity contribution in [2.24, 2.45) is 10.8 Å². The first-order valence-electron chi connectivity index (χ1n) is 12.4. The van der Waals surface area contributed by atoms with Crippen LogP contribution in [0.1, 0.15) is 78.1 Å². The molecule has 0 N–H and O–H groups in total. The molecule has 0 aromatic rings. The van der Waals surface area contributed by atoms with Gasteiger partial charge in [-0.05, 0) is 50.7 Å². The first-order valence-corrected chi connectivity index (χ1v) is 12.4. The molecule has 4 fully saturated rings. The lowest BCUT2D eigenvalue weighted by Crippen LogP contribution is -2.52. The number of hydrogen-bond donors (Lipinski definition) is 0. The Morgan fingerprint density at radius 3 is 1.34 bits per heavy atom. The average Bonchev–Trinajstić information content (AvgIpc) is 3.44.